The van der Waals surface area contributed by atoms with Gasteiger partial charge in [0.05, 0.1) is 18.5 Å². The molecule has 6 nitrogen and oxygen atoms in total. The fourth-order valence-corrected chi connectivity index (χ4v) is 1.86. The van der Waals surface area contributed by atoms with E-state index in [0.717, 1.165) is 5.56 Å². The number of carbonyl (C=O) groups excluding carboxylic acids is 1. The highest BCUT2D eigenvalue weighted by molar-refractivity contribution is 5.96. The third kappa shape index (κ3) is 3.62. The van der Waals surface area contributed by atoms with Gasteiger partial charge in [0, 0.05) is 31.4 Å². The van der Waals surface area contributed by atoms with Crippen molar-refractivity contribution in [2.45, 2.75) is 6.54 Å². The zero-order valence-corrected chi connectivity index (χ0v) is 12.0. The number of hydrogen-bond acceptors (Lipinski definition) is 5. The second kappa shape index (κ2) is 6.60. The van der Waals surface area contributed by atoms with Gasteiger partial charge in [-0.05, 0) is 29.8 Å². The Morgan fingerprint density at radius 2 is 2.14 bits per heavy atom. The first-order valence-corrected chi connectivity index (χ1v) is 6.48. The van der Waals surface area contributed by atoms with Crippen LogP contribution in [-0.2, 0) is 6.54 Å². The fourth-order valence-electron chi connectivity index (χ4n) is 1.86. The number of methoxy groups -OCH3 is 1. The molecular formula is C15H18N4O2. The highest BCUT2D eigenvalue weighted by atomic mass is 16.5. The van der Waals surface area contributed by atoms with Crippen molar-refractivity contribution in [2.75, 3.05) is 25.2 Å². The number of rotatable bonds is 5. The Morgan fingerprint density at radius 1 is 1.33 bits per heavy atom. The van der Waals surface area contributed by atoms with E-state index in [1.165, 1.54) is 0 Å². The van der Waals surface area contributed by atoms with Crippen LogP contribution in [0.15, 0.2) is 36.5 Å². The van der Waals surface area contributed by atoms with Gasteiger partial charge < -0.3 is 21.1 Å². The highest BCUT2D eigenvalue weighted by Gasteiger charge is 2.07. The predicted molar refractivity (Wildman–Crippen MR) is 82.4 cm³/mol. The van der Waals surface area contributed by atoms with Crippen LogP contribution in [0.3, 0.4) is 0 Å². The minimum Gasteiger partial charge on any atom is -0.481 e. The second-order valence-corrected chi connectivity index (χ2v) is 4.44. The van der Waals surface area contributed by atoms with Gasteiger partial charge in [-0.1, -0.05) is 0 Å². The number of anilines is 2. The van der Waals surface area contributed by atoms with E-state index in [1.807, 2.05) is 12.1 Å². The Bertz CT molecular complexity index is 643. The summed E-state index contributed by atoms with van der Waals surface area (Å²) in [6.45, 7) is 0.556. The van der Waals surface area contributed by atoms with Crippen LogP contribution in [0.25, 0.3) is 0 Å². The molecule has 0 spiro atoms. The van der Waals surface area contributed by atoms with Gasteiger partial charge in [0.1, 0.15) is 0 Å². The van der Waals surface area contributed by atoms with Crippen molar-refractivity contribution in [1.29, 1.82) is 0 Å². The second-order valence-electron chi connectivity index (χ2n) is 4.44. The first-order chi connectivity index (χ1) is 10.1. The van der Waals surface area contributed by atoms with Gasteiger partial charge in [-0.25, -0.2) is 4.98 Å². The minimum atomic E-state index is -0.149. The number of amides is 1. The molecule has 110 valence electrons. The Hall–Kier alpha value is -2.76. The van der Waals surface area contributed by atoms with Gasteiger partial charge >= 0.3 is 0 Å². The summed E-state index contributed by atoms with van der Waals surface area (Å²) >= 11 is 0. The molecule has 1 aromatic carbocycles. The Balaban J connectivity index is 2.13. The average Bonchev–Trinajstić information content (AvgIpc) is 2.53. The van der Waals surface area contributed by atoms with Crippen LogP contribution in [0.4, 0.5) is 11.4 Å². The van der Waals surface area contributed by atoms with Crippen molar-refractivity contribution in [3.8, 4) is 5.88 Å². The Labute approximate surface area is 123 Å². The molecule has 0 saturated heterocycles. The SMILES string of the molecule is CNC(=O)c1ccc(N)c(NCc2ccnc(OC)c2)c1. The molecule has 0 aliphatic heterocycles. The summed E-state index contributed by atoms with van der Waals surface area (Å²) in [5.41, 5.74) is 8.78. The van der Waals surface area contributed by atoms with E-state index in [4.69, 9.17) is 10.5 Å². The molecule has 0 aliphatic carbocycles. The number of nitrogens with zero attached hydrogens (tertiary/aromatic N) is 1. The summed E-state index contributed by atoms with van der Waals surface area (Å²) < 4.78 is 5.08. The lowest BCUT2D eigenvalue weighted by Gasteiger charge is -2.11. The molecule has 1 heterocycles. The van der Waals surface area contributed by atoms with Crippen LogP contribution in [0.5, 0.6) is 5.88 Å². The normalized spacial score (nSPS) is 10.0. The van der Waals surface area contributed by atoms with Crippen molar-refractivity contribution in [2.24, 2.45) is 0 Å². The lowest BCUT2D eigenvalue weighted by atomic mass is 10.1. The van der Waals surface area contributed by atoms with Crippen LogP contribution in [0, 0.1) is 0 Å². The topological polar surface area (TPSA) is 89.3 Å². The van der Waals surface area contributed by atoms with E-state index in [1.54, 1.807) is 38.6 Å². The van der Waals surface area contributed by atoms with Crippen LogP contribution in [0.2, 0.25) is 0 Å². The van der Waals surface area contributed by atoms with Gasteiger partial charge in [-0.15, -0.1) is 0 Å². The molecule has 0 saturated carbocycles. The molecule has 1 amide bonds. The predicted octanol–water partition coefficient (Wildman–Crippen LogP) is 1.64. The van der Waals surface area contributed by atoms with Crippen molar-refractivity contribution < 1.29 is 9.53 Å². The maximum atomic E-state index is 11.6. The van der Waals surface area contributed by atoms with Crippen molar-refractivity contribution in [3.63, 3.8) is 0 Å². The molecule has 1 aromatic heterocycles. The number of carbonyl (C=O) groups is 1. The maximum Gasteiger partial charge on any atom is 0.251 e. The van der Waals surface area contributed by atoms with Crippen LogP contribution >= 0.6 is 0 Å². The van der Waals surface area contributed by atoms with Crippen LogP contribution in [0.1, 0.15) is 15.9 Å². The number of benzene rings is 1. The molecule has 0 bridgehead atoms. The summed E-state index contributed by atoms with van der Waals surface area (Å²) in [5.74, 6) is 0.407. The standard InChI is InChI=1S/C15H18N4O2/c1-17-15(20)11-3-4-12(16)13(8-11)19-9-10-5-6-18-14(7-10)21-2/h3-8,19H,9,16H2,1-2H3,(H,17,20). The smallest absolute Gasteiger partial charge is 0.251 e. The Kier molecular flexibility index (Phi) is 4.61. The van der Waals surface area contributed by atoms with E-state index >= 15 is 0 Å². The molecule has 0 aliphatic rings. The fraction of sp³-hybridized carbons (Fsp3) is 0.200. The lowest BCUT2D eigenvalue weighted by Crippen LogP contribution is -2.18. The lowest BCUT2D eigenvalue weighted by molar-refractivity contribution is 0.0963. The van der Waals surface area contributed by atoms with Crippen molar-refractivity contribution >= 4 is 17.3 Å². The zero-order valence-electron chi connectivity index (χ0n) is 12.0. The number of hydrogen-bond donors (Lipinski definition) is 3. The van der Waals surface area contributed by atoms with Gasteiger partial charge in [-0.3, -0.25) is 4.79 Å². The number of nitrogen functional groups attached to an aromatic ring is 1. The van der Waals surface area contributed by atoms with Crippen LogP contribution in [-0.4, -0.2) is 25.0 Å². The first-order valence-electron chi connectivity index (χ1n) is 6.48. The van der Waals surface area contributed by atoms with E-state index < -0.39 is 0 Å². The third-order valence-electron chi connectivity index (χ3n) is 3.03. The third-order valence-corrected chi connectivity index (χ3v) is 3.03. The number of nitrogens with two attached hydrogens (primary N) is 1. The molecule has 6 heteroatoms. The minimum absolute atomic E-state index is 0.149. The van der Waals surface area contributed by atoms with Crippen LogP contribution < -0.4 is 21.1 Å². The van der Waals surface area contributed by atoms with Gasteiger partial charge in [-0.2, -0.15) is 0 Å². The largest absolute Gasteiger partial charge is 0.481 e. The zero-order chi connectivity index (χ0) is 15.2. The molecule has 0 fully saturated rings. The quantitative estimate of drug-likeness (QED) is 0.727. The van der Waals surface area contributed by atoms with E-state index in [9.17, 15) is 4.79 Å². The molecule has 0 radical (unpaired) electrons. The number of aromatic nitrogens is 1. The van der Waals surface area contributed by atoms with Crippen molar-refractivity contribution in [1.82, 2.24) is 10.3 Å². The molecule has 4 N–H and O–H groups in total. The highest BCUT2D eigenvalue weighted by Crippen LogP contribution is 2.21. The number of nitrogens with one attached hydrogen (secondary N) is 2. The van der Waals surface area contributed by atoms with Gasteiger partial charge in [0.15, 0.2) is 0 Å². The molecule has 0 atom stereocenters. The molecule has 21 heavy (non-hydrogen) atoms. The van der Waals surface area contributed by atoms with Crippen molar-refractivity contribution in [3.05, 3.63) is 47.7 Å². The van der Waals surface area contributed by atoms with E-state index in [0.29, 0.717) is 29.4 Å². The number of pyridine rings is 1. The molecule has 2 aromatic rings. The van der Waals surface area contributed by atoms with Gasteiger partial charge in [0.2, 0.25) is 5.88 Å². The van der Waals surface area contributed by atoms with E-state index in [-0.39, 0.29) is 5.91 Å². The molecule has 2 rings (SSSR count). The number of ether oxygens (including phenoxy) is 1. The summed E-state index contributed by atoms with van der Waals surface area (Å²) in [5, 5.41) is 5.80. The van der Waals surface area contributed by atoms with E-state index in [2.05, 4.69) is 15.6 Å². The maximum absolute atomic E-state index is 11.6. The monoisotopic (exact) mass is 286 g/mol. The summed E-state index contributed by atoms with van der Waals surface area (Å²) in [7, 11) is 3.17. The summed E-state index contributed by atoms with van der Waals surface area (Å²) in [6.07, 6.45) is 1.68. The molecular weight excluding hydrogens is 268 g/mol. The summed E-state index contributed by atoms with van der Waals surface area (Å²) in [4.78, 5) is 15.7. The Morgan fingerprint density at radius 3 is 2.86 bits per heavy atom. The van der Waals surface area contributed by atoms with Gasteiger partial charge in [0.25, 0.3) is 5.91 Å². The average molecular weight is 286 g/mol. The molecule has 0 unspecified atom stereocenters. The first kappa shape index (κ1) is 14.6. The summed E-state index contributed by atoms with van der Waals surface area (Å²) in [6, 6.07) is 8.85.